The lowest BCUT2D eigenvalue weighted by atomic mass is 9.49. The molecule has 3 saturated carbocycles. The molecule has 2 nitrogen and oxygen atoms in total. The Balaban J connectivity index is 1.72. The molecule has 6 atom stereocenters. The average Bonchev–Trinajstić information content (AvgIpc) is 2.82. The van der Waals surface area contributed by atoms with Crippen LogP contribution in [-0.2, 0) is 9.59 Å². The highest BCUT2D eigenvalue weighted by atomic mass is 16.1. The molecule has 0 radical (unpaired) electrons. The van der Waals surface area contributed by atoms with Crippen molar-refractivity contribution in [2.24, 2.45) is 35.0 Å². The number of carbonyl (C=O) groups excluding carboxylic acids is 2. The second kappa shape index (κ2) is 5.43. The molecule has 0 N–H and O–H groups in total. The van der Waals surface area contributed by atoms with Crippen LogP contribution in [0.5, 0.6) is 0 Å². The molecule has 4 aliphatic rings. The van der Waals surface area contributed by atoms with E-state index in [1.165, 1.54) is 5.57 Å². The predicted octanol–water partition coefficient (Wildman–Crippen LogP) is 4.50. The van der Waals surface area contributed by atoms with Crippen LogP contribution >= 0.6 is 0 Å². The number of rotatable bonds is 2. The Hall–Kier alpha value is -1.18. The highest BCUT2D eigenvalue weighted by Crippen LogP contribution is 2.62. The summed E-state index contributed by atoms with van der Waals surface area (Å²) in [7, 11) is 0. The summed E-state index contributed by atoms with van der Waals surface area (Å²) in [5.41, 5.74) is 1.33. The fourth-order valence-corrected chi connectivity index (χ4v) is 6.65. The monoisotopic (exact) mass is 312 g/mol. The summed E-state index contributed by atoms with van der Waals surface area (Å²) < 4.78 is 0. The maximum Gasteiger partial charge on any atom is 0.139 e. The molecule has 0 saturated heterocycles. The van der Waals surface area contributed by atoms with Crippen molar-refractivity contribution >= 4 is 11.6 Å². The van der Waals surface area contributed by atoms with Gasteiger partial charge in [0.1, 0.15) is 11.6 Å². The molecule has 0 amide bonds. The SMILES string of the molecule is C=CC[C@H]1C[C@]2(C)C(=O)CC[C@H]2[C@@H]2CC=C3CC(=O)CC[C@@H]3[C@@H]12. The number of carbonyl (C=O) groups is 2. The van der Waals surface area contributed by atoms with E-state index in [2.05, 4.69) is 25.7 Å². The van der Waals surface area contributed by atoms with Gasteiger partial charge >= 0.3 is 0 Å². The molecule has 0 aromatic rings. The minimum absolute atomic E-state index is 0.0926. The van der Waals surface area contributed by atoms with Gasteiger partial charge < -0.3 is 0 Å². The summed E-state index contributed by atoms with van der Waals surface area (Å²) in [5, 5.41) is 0. The van der Waals surface area contributed by atoms with Gasteiger partial charge in [-0.15, -0.1) is 6.58 Å². The van der Waals surface area contributed by atoms with Crippen LogP contribution in [0.1, 0.15) is 58.3 Å². The minimum atomic E-state index is -0.0926. The van der Waals surface area contributed by atoms with Crippen molar-refractivity contribution < 1.29 is 9.59 Å². The summed E-state index contributed by atoms with van der Waals surface area (Å²) in [6, 6.07) is 0. The van der Waals surface area contributed by atoms with Crippen LogP contribution in [0.15, 0.2) is 24.3 Å². The van der Waals surface area contributed by atoms with E-state index in [4.69, 9.17) is 0 Å². The molecule has 0 unspecified atom stereocenters. The quantitative estimate of drug-likeness (QED) is 0.704. The number of ketones is 2. The molecule has 2 heteroatoms. The molecule has 4 aliphatic carbocycles. The van der Waals surface area contributed by atoms with Crippen LogP contribution in [0.2, 0.25) is 0 Å². The van der Waals surface area contributed by atoms with Gasteiger partial charge in [-0.05, 0) is 61.7 Å². The van der Waals surface area contributed by atoms with Crippen molar-refractivity contribution in [2.75, 3.05) is 0 Å². The fraction of sp³-hybridized carbons (Fsp3) is 0.714. The van der Waals surface area contributed by atoms with Gasteiger partial charge in [0.05, 0.1) is 0 Å². The second-order valence-corrected chi connectivity index (χ2v) is 8.59. The van der Waals surface area contributed by atoms with Crippen molar-refractivity contribution in [3.63, 3.8) is 0 Å². The first-order valence-corrected chi connectivity index (χ1v) is 9.39. The zero-order valence-corrected chi connectivity index (χ0v) is 14.2. The third kappa shape index (κ3) is 2.21. The molecule has 0 aliphatic heterocycles. The normalized spacial score (nSPS) is 45.8. The van der Waals surface area contributed by atoms with Gasteiger partial charge in [0, 0.05) is 24.7 Å². The first kappa shape index (κ1) is 15.4. The van der Waals surface area contributed by atoms with Crippen molar-refractivity contribution in [1.29, 1.82) is 0 Å². The minimum Gasteiger partial charge on any atom is -0.299 e. The molecule has 124 valence electrons. The third-order valence-corrected chi connectivity index (χ3v) is 7.58. The van der Waals surface area contributed by atoms with Gasteiger partial charge in [0.2, 0.25) is 0 Å². The third-order valence-electron chi connectivity index (χ3n) is 7.58. The molecular weight excluding hydrogens is 284 g/mol. The summed E-state index contributed by atoms with van der Waals surface area (Å²) in [6.45, 7) is 6.22. The van der Waals surface area contributed by atoms with Crippen molar-refractivity contribution in [1.82, 2.24) is 0 Å². The maximum atomic E-state index is 12.6. The lowest BCUT2D eigenvalue weighted by molar-refractivity contribution is -0.133. The summed E-state index contributed by atoms with van der Waals surface area (Å²) in [6.07, 6.45) is 11.9. The number of fused-ring (bicyclic) bond motifs is 5. The Kier molecular flexibility index (Phi) is 3.62. The molecule has 0 aromatic carbocycles. The van der Waals surface area contributed by atoms with Gasteiger partial charge in [-0.3, -0.25) is 9.59 Å². The topological polar surface area (TPSA) is 34.1 Å². The summed E-state index contributed by atoms with van der Waals surface area (Å²) in [4.78, 5) is 24.5. The highest BCUT2D eigenvalue weighted by Gasteiger charge is 2.58. The zero-order valence-electron chi connectivity index (χ0n) is 14.2. The Morgan fingerprint density at radius 3 is 2.91 bits per heavy atom. The Morgan fingerprint density at radius 2 is 2.13 bits per heavy atom. The van der Waals surface area contributed by atoms with Gasteiger partial charge in [-0.2, -0.15) is 0 Å². The zero-order chi connectivity index (χ0) is 16.2. The Bertz CT molecular complexity index is 587. The van der Waals surface area contributed by atoms with E-state index < -0.39 is 0 Å². The Morgan fingerprint density at radius 1 is 1.30 bits per heavy atom. The van der Waals surface area contributed by atoms with Crippen LogP contribution in [0.3, 0.4) is 0 Å². The van der Waals surface area contributed by atoms with Crippen LogP contribution in [0, 0.1) is 35.0 Å². The molecule has 23 heavy (non-hydrogen) atoms. The lowest BCUT2D eigenvalue weighted by Gasteiger charge is -2.55. The van der Waals surface area contributed by atoms with E-state index in [1.54, 1.807) is 0 Å². The molecule has 0 aromatic heterocycles. The maximum absolute atomic E-state index is 12.6. The van der Waals surface area contributed by atoms with E-state index in [1.807, 2.05) is 0 Å². The Labute approximate surface area is 139 Å². The average molecular weight is 312 g/mol. The van der Waals surface area contributed by atoms with Crippen LogP contribution in [0.4, 0.5) is 0 Å². The van der Waals surface area contributed by atoms with Crippen molar-refractivity contribution in [3.8, 4) is 0 Å². The lowest BCUT2D eigenvalue weighted by Crippen LogP contribution is -2.50. The summed E-state index contributed by atoms with van der Waals surface area (Å²) in [5.74, 6) is 3.97. The second-order valence-electron chi connectivity index (χ2n) is 8.59. The standard InChI is InChI=1S/C21H28O2/c1-3-4-14-12-21(2)18(9-10-19(21)23)17-7-5-13-11-15(22)6-8-16(13)20(14)17/h3,5,14,16-18,20H,1,4,6-12H2,2H3/t14-,16-,17-,18-,20+,21-/m0/s1. The van der Waals surface area contributed by atoms with E-state index in [-0.39, 0.29) is 5.41 Å². The van der Waals surface area contributed by atoms with Crippen LogP contribution in [-0.4, -0.2) is 11.6 Å². The van der Waals surface area contributed by atoms with E-state index in [0.717, 1.165) is 44.9 Å². The number of hydrogen-bond acceptors (Lipinski definition) is 2. The first-order chi connectivity index (χ1) is 11.0. The van der Waals surface area contributed by atoms with E-state index >= 15 is 0 Å². The predicted molar refractivity (Wildman–Crippen MR) is 90.8 cm³/mol. The van der Waals surface area contributed by atoms with Gasteiger partial charge in [0.15, 0.2) is 0 Å². The molecule has 0 spiro atoms. The van der Waals surface area contributed by atoms with Crippen LogP contribution in [0.25, 0.3) is 0 Å². The number of hydrogen-bond donors (Lipinski definition) is 0. The number of allylic oxidation sites excluding steroid dienone is 3. The number of Topliss-reactive ketones (excluding diaryl/α,β-unsaturated/α-hetero) is 2. The first-order valence-electron chi connectivity index (χ1n) is 9.39. The smallest absolute Gasteiger partial charge is 0.139 e. The van der Waals surface area contributed by atoms with Gasteiger partial charge in [0.25, 0.3) is 0 Å². The molecule has 0 bridgehead atoms. The summed E-state index contributed by atoms with van der Waals surface area (Å²) >= 11 is 0. The largest absolute Gasteiger partial charge is 0.299 e. The molecule has 4 rings (SSSR count). The van der Waals surface area contributed by atoms with Gasteiger partial charge in [-0.1, -0.05) is 24.6 Å². The molecular formula is C21H28O2. The van der Waals surface area contributed by atoms with Gasteiger partial charge in [-0.25, -0.2) is 0 Å². The van der Waals surface area contributed by atoms with E-state index in [0.29, 0.717) is 47.6 Å². The van der Waals surface area contributed by atoms with Crippen molar-refractivity contribution in [3.05, 3.63) is 24.3 Å². The van der Waals surface area contributed by atoms with E-state index in [9.17, 15) is 9.59 Å². The van der Waals surface area contributed by atoms with Crippen LogP contribution < -0.4 is 0 Å². The van der Waals surface area contributed by atoms with Crippen molar-refractivity contribution in [2.45, 2.75) is 58.3 Å². The highest BCUT2D eigenvalue weighted by molar-refractivity contribution is 5.87. The molecule has 0 heterocycles. The molecule has 3 fully saturated rings. The fourth-order valence-electron chi connectivity index (χ4n) is 6.65.